The summed E-state index contributed by atoms with van der Waals surface area (Å²) in [7, 11) is -0.829. The first kappa shape index (κ1) is 23.4. The summed E-state index contributed by atoms with van der Waals surface area (Å²) in [6.45, 7) is 3.51. The van der Waals surface area contributed by atoms with Gasteiger partial charge < -0.3 is 10.1 Å². The van der Waals surface area contributed by atoms with E-state index < -0.39 is 21.7 Å². The highest BCUT2D eigenvalue weighted by Gasteiger charge is 2.23. The Bertz CT molecular complexity index is 1250. The van der Waals surface area contributed by atoms with E-state index in [1.165, 1.54) is 38.5 Å². The predicted molar refractivity (Wildman–Crippen MR) is 119 cm³/mol. The summed E-state index contributed by atoms with van der Waals surface area (Å²) < 4.78 is 46.2. The number of sulfonamides is 1. The molecule has 0 fully saturated rings. The molecule has 2 aromatic carbocycles. The third-order valence-corrected chi connectivity index (χ3v) is 6.89. The van der Waals surface area contributed by atoms with Crippen LogP contribution in [0.25, 0.3) is 0 Å². The molecule has 0 spiro atoms. The lowest BCUT2D eigenvalue weighted by molar-refractivity contribution is 0.0950. The summed E-state index contributed by atoms with van der Waals surface area (Å²) in [6.07, 6.45) is 3.06. The molecule has 0 aliphatic carbocycles. The number of carbonyl (C=O) groups is 1. The largest absolute Gasteiger partial charge is 0.453 e. The van der Waals surface area contributed by atoms with Crippen molar-refractivity contribution >= 4 is 15.9 Å². The summed E-state index contributed by atoms with van der Waals surface area (Å²) in [4.78, 5) is 16.7. The van der Waals surface area contributed by atoms with Gasteiger partial charge in [0.2, 0.25) is 10.0 Å². The number of hydrogen-bond donors (Lipinski definition) is 1. The average molecular weight is 458 g/mol. The topological polar surface area (TPSA) is 88.6 Å². The van der Waals surface area contributed by atoms with Gasteiger partial charge >= 0.3 is 0 Å². The van der Waals surface area contributed by atoms with Crippen LogP contribution in [0.15, 0.2) is 59.8 Å². The van der Waals surface area contributed by atoms with Gasteiger partial charge in [-0.1, -0.05) is 6.07 Å². The van der Waals surface area contributed by atoms with E-state index in [0.29, 0.717) is 22.4 Å². The standard InChI is InChI=1S/C23H24FN3O4S/c1-15-10-18(12-22(16(15)2)32(29,30)27(3)4)23(28)26-13-17-7-8-21(20(24)11-17)31-19-6-5-9-25-14-19/h5-12,14H,13H2,1-4H3,(H,26,28). The number of nitrogens with one attached hydrogen (secondary N) is 1. The number of aromatic nitrogens is 1. The van der Waals surface area contributed by atoms with Crippen LogP contribution in [0.3, 0.4) is 0 Å². The van der Waals surface area contributed by atoms with Crippen LogP contribution in [0.4, 0.5) is 4.39 Å². The van der Waals surface area contributed by atoms with Gasteiger partial charge in [0.1, 0.15) is 5.75 Å². The van der Waals surface area contributed by atoms with Crippen molar-refractivity contribution < 1.29 is 22.3 Å². The normalized spacial score (nSPS) is 11.4. The molecule has 3 rings (SSSR count). The number of pyridine rings is 1. The van der Waals surface area contributed by atoms with E-state index in [1.54, 1.807) is 44.3 Å². The highest BCUT2D eigenvalue weighted by atomic mass is 32.2. The van der Waals surface area contributed by atoms with Gasteiger partial charge in [0.25, 0.3) is 5.91 Å². The number of nitrogens with zero attached hydrogens (tertiary/aromatic N) is 2. The zero-order valence-electron chi connectivity index (χ0n) is 18.2. The van der Waals surface area contributed by atoms with Crippen molar-refractivity contribution in [3.8, 4) is 11.5 Å². The van der Waals surface area contributed by atoms with Crippen LogP contribution >= 0.6 is 0 Å². The third kappa shape index (κ3) is 5.12. The summed E-state index contributed by atoms with van der Waals surface area (Å²) >= 11 is 0. The molecule has 9 heteroatoms. The molecule has 0 aliphatic heterocycles. The molecular formula is C23H24FN3O4S. The molecule has 1 amide bonds. The molecule has 32 heavy (non-hydrogen) atoms. The Hall–Kier alpha value is -3.30. The Morgan fingerprint density at radius 1 is 1.16 bits per heavy atom. The van der Waals surface area contributed by atoms with Gasteiger partial charge in [-0.3, -0.25) is 9.78 Å². The van der Waals surface area contributed by atoms with Crippen LogP contribution in [0.5, 0.6) is 11.5 Å². The second-order valence-electron chi connectivity index (χ2n) is 7.44. The summed E-state index contributed by atoms with van der Waals surface area (Å²) in [5, 5.41) is 2.70. The van der Waals surface area contributed by atoms with Gasteiger partial charge in [-0.2, -0.15) is 0 Å². The third-order valence-electron chi connectivity index (χ3n) is 4.95. The van der Waals surface area contributed by atoms with Gasteiger partial charge in [-0.15, -0.1) is 0 Å². The summed E-state index contributed by atoms with van der Waals surface area (Å²) in [5.41, 5.74) is 2.01. The molecule has 0 atom stereocenters. The van der Waals surface area contributed by atoms with Gasteiger partial charge in [0.15, 0.2) is 11.6 Å². The molecule has 3 aromatic rings. The van der Waals surface area contributed by atoms with Gasteiger partial charge in [-0.05, 0) is 66.9 Å². The molecular weight excluding hydrogens is 433 g/mol. The Kier molecular flexibility index (Phi) is 6.90. The number of amides is 1. The molecule has 0 bridgehead atoms. The number of benzene rings is 2. The average Bonchev–Trinajstić information content (AvgIpc) is 2.76. The van der Waals surface area contributed by atoms with Crippen LogP contribution < -0.4 is 10.1 Å². The summed E-state index contributed by atoms with van der Waals surface area (Å²) in [6, 6.07) is 10.7. The lowest BCUT2D eigenvalue weighted by Crippen LogP contribution is -2.26. The van der Waals surface area contributed by atoms with E-state index >= 15 is 0 Å². The number of halogens is 1. The second kappa shape index (κ2) is 9.46. The molecule has 0 unspecified atom stereocenters. The lowest BCUT2D eigenvalue weighted by atomic mass is 10.1. The van der Waals surface area contributed by atoms with Crippen LogP contribution in [0, 0.1) is 19.7 Å². The van der Waals surface area contributed by atoms with Crippen molar-refractivity contribution in [2.45, 2.75) is 25.3 Å². The quantitative estimate of drug-likeness (QED) is 0.583. The Balaban J connectivity index is 1.75. The molecule has 0 radical (unpaired) electrons. The first-order chi connectivity index (χ1) is 15.1. The second-order valence-corrected chi connectivity index (χ2v) is 9.56. The minimum atomic E-state index is -3.70. The predicted octanol–water partition coefficient (Wildman–Crippen LogP) is 3.81. The molecule has 0 saturated heterocycles. The zero-order valence-corrected chi connectivity index (χ0v) is 19.0. The van der Waals surface area contributed by atoms with Gasteiger partial charge in [-0.25, -0.2) is 17.1 Å². The molecule has 1 heterocycles. The minimum Gasteiger partial charge on any atom is -0.453 e. The first-order valence-electron chi connectivity index (χ1n) is 9.78. The fourth-order valence-electron chi connectivity index (χ4n) is 2.98. The maximum Gasteiger partial charge on any atom is 0.251 e. The van der Waals surface area contributed by atoms with Crippen LogP contribution in [-0.2, 0) is 16.6 Å². The van der Waals surface area contributed by atoms with E-state index in [2.05, 4.69) is 10.3 Å². The highest BCUT2D eigenvalue weighted by molar-refractivity contribution is 7.89. The van der Waals surface area contributed by atoms with Gasteiger partial charge in [0.05, 0.1) is 11.1 Å². The van der Waals surface area contributed by atoms with Crippen LogP contribution in [0.1, 0.15) is 27.0 Å². The fraction of sp³-hybridized carbons (Fsp3) is 0.217. The van der Waals surface area contributed by atoms with Crippen LogP contribution in [-0.4, -0.2) is 37.7 Å². The van der Waals surface area contributed by atoms with Crippen molar-refractivity contribution in [3.63, 3.8) is 0 Å². The maximum atomic E-state index is 14.4. The van der Waals surface area contributed by atoms with Crippen LogP contribution in [0.2, 0.25) is 0 Å². The highest BCUT2D eigenvalue weighted by Crippen LogP contribution is 2.25. The molecule has 7 nitrogen and oxygen atoms in total. The van der Waals surface area contributed by atoms with E-state index in [-0.39, 0.29) is 22.8 Å². The van der Waals surface area contributed by atoms with Crippen molar-refractivity contribution in [2.75, 3.05) is 14.1 Å². The maximum absolute atomic E-state index is 14.4. The van der Waals surface area contributed by atoms with E-state index in [4.69, 9.17) is 4.74 Å². The van der Waals surface area contributed by atoms with Crippen molar-refractivity contribution in [1.29, 1.82) is 0 Å². The molecule has 0 aliphatic rings. The fourth-order valence-corrected chi connectivity index (χ4v) is 4.20. The summed E-state index contributed by atoms with van der Waals surface area (Å²) in [5.74, 6) is -0.586. The van der Waals surface area contributed by atoms with Gasteiger partial charge in [0, 0.05) is 32.4 Å². The van der Waals surface area contributed by atoms with E-state index in [0.717, 1.165) is 4.31 Å². The minimum absolute atomic E-state index is 0.0424. The molecule has 0 saturated carbocycles. The van der Waals surface area contributed by atoms with E-state index in [9.17, 15) is 17.6 Å². The monoisotopic (exact) mass is 457 g/mol. The van der Waals surface area contributed by atoms with Crippen molar-refractivity contribution in [3.05, 3.63) is 82.9 Å². The zero-order chi connectivity index (χ0) is 23.5. The molecule has 1 N–H and O–H groups in total. The molecule has 168 valence electrons. The number of ether oxygens (including phenoxy) is 1. The Morgan fingerprint density at radius 2 is 1.91 bits per heavy atom. The Morgan fingerprint density at radius 3 is 2.53 bits per heavy atom. The number of aryl methyl sites for hydroxylation is 1. The Labute approximate surface area is 186 Å². The number of hydrogen-bond acceptors (Lipinski definition) is 5. The lowest BCUT2D eigenvalue weighted by Gasteiger charge is -2.16. The van der Waals surface area contributed by atoms with Crippen molar-refractivity contribution in [2.24, 2.45) is 0 Å². The number of carbonyl (C=O) groups excluding carboxylic acids is 1. The smallest absolute Gasteiger partial charge is 0.251 e. The van der Waals surface area contributed by atoms with E-state index in [1.807, 2.05) is 0 Å². The first-order valence-corrected chi connectivity index (χ1v) is 11.2. The SMILES string of the molecule is Cc1cc(C(=O)NCc2ccc(Oc3cccnc3)c(F)c2)cc(S(=O)(=O)N(C)C)c1C. The molecule has 1 aromatic heterocycles. The van der Waals surface area contributed by atoms with Crippen molar-refractivity contribution in [1.82, 2.24) is 14.6 Å². The number of rotatable bonds is 7.